The van der Waals surface area contributed by atoms with E-state index in [2.05, 4.69) is 15.0 Å². The summed E-state index contributed by atoms with van der Waals surface area (Å²) in [5.74, 6) is 0.820. The van der Waals surface area contributed by atoms with Crippen LogP contribution in [0.1, 0.15) is 0 Å². The van der Waals surface area contributed by atoms with Crippen molar-refractivity contribution >= 4 is 0 Å². The van der Waals surface area contributed by atoms with Gasteiger partial charge in [0.2, 0.25) is 0 Å². The molecule has 25 heavy (non-hydrogen) atoms. The summed E-state index contributed by atoms with van der Waals surface area (Å²) in [5.41, 5.74) is 5.00. The Labute approximate surface area is 145 Å². The van der Waals surface area contributed by atoms with Crippen LogP contribution in [0.4, 0.5) is 0 Å². The highest BCUT2D eigenvalue weighted by atomic mass is 16.5. The molecule has 0 aliphatic heterocycles. The molecule has 0 spiro atoms. The minimum absolute atomic E-state index is 0.820. The summed E-state index contributed by atoms with van der Waals surface area (Å²) in [7, 11) is 1.68. The summed E-state index contributed by atoms with van der Waals surface area (Å²) in [4.78, 5) is 12.7. The van der Waals surface area contributed by atoms with Crippen LogP contribution in [0.3, 0.4) is 0 Å². The van der Waals surface area contributed by atoms with E-state index in [4.69, 9.17) is 4.74 Å². The smallest absolute Gasteiger partial charge is 0.126 e. The van der Waals surface area contributed by atoms with Crippen LogP contribution >= 0.6 is 0 Å². The molecule has 5 heteroatoms. The molecule has 0 saturated carbocycles. The molecule has 5 nitrogen and oxygen atoms in total. The summed E-state index contributed by atoms with van der Waals surface area (Å²) in [6.07, 6.45) is 10.8. The Bertz CT molecular complexity index is 995. The van der Waals surface area contributed by atoms with Crippen molar-refractivity contribution < 1.29 is 4.74 Å². The second-order valence-electron chi connectivity index (χ2n) is 5.48. The SMILES string of the molecule is COc1ccccc1-c1ccncc1-n1cncc1-c1ccncc1. The number of para-hydroxylation sites is 1. The van der Waals surface area contributed by atoms with Crippen LogP contribution < -0.4 is 4.74 Å². The Balaban J connectivity index is 1.91. The van der Waals surface area contributed by atoms with Gasteiger partial charge in [0.1, 0.15) is 5.75 Å². The molecule has 4 aromatic rings. The molecular formula is C20H16N4O. The third-order valence-electron chi connectivity index (χ3n) is 4.07. The number of aromatic nitrogens is 4. The van der Waals surface area contributed by atoms with E-state index in [0.717, 1.165) is 33.8 Å². The van der Waals surface area contributed by atoms with E-state index in [-0.39, 0.29) is 0 Å². The number of benzene rings is 1. The molecule has 0 atom stereocenters. The van der Waals surface area contributed by atoms with E-state index in [1.807, 2.05) is 59.4 Å². The number of methoxy groups -OCH3 is 1. The maximum absolute atomic E-state index is 5.53. The van der Waals surface area contributed by atoms with Crippen LogP contribution in [0.15, 0.2) is 79.8 Å². The molecule has 0 N–H and O–H groups in total. The minimum Gasteiger partial charge on any atom is -0.496 e. The lowest BCUT2D eigenvalue weighted by Gasteiger charge is -2.15. The number of rotatable bonds is 4. The topological polar surface area (TPSA) is 52.8 Å². The van der Waals surface area contributed by atoms with Gasteiger partial charge in [0.15, 0.2) is 0 Å². The first-order valence-electron chi connectivity index (χ1n) is 7.89. The van der Waals surface area contributed by atoms with Gasteiger partial charge in [-0.15, -0.1) is 0 Å². The zero-order chi connectivity index (χ0) is 17.1. The fraction of sp³-hybridized carbons (Fsp3) is 0.0500. The van der Waals surface area contributed by atoms with Crippen LogP contribution in [-0.4, -0.2) is 26.6 Å². The highest BCUT2D eigenvalue weighted by Crippen LogP contribution is 2.35. The molecule has 0 aliphatic carbocycles. The summed E-state index contributed by atoms with van der Waals surface area (Å²) in [6.45, 7) is 0. The molecule has 0 unspecified atom stereocenters. The lowest BCUT2D eigenvalue weighted by Crippen LogP contribution is -2.00. The summed E-state index contributed by atoms with van der Waals surface area (Å²) < 4.78 is 7.57. The van der Waals surface area contributed by atoms with E-state index < -0.39 is 0 Å². The molecule has 0 saturated heterocycles. The molecule has 4 rings (SSSR count). The normalized spacial score (nSPS) is 10.6. The van der Waals surface area contributed by atoms with Crippen molar-refractivity contribution in [2.45, 2.75) is 0 Å². The van der Waals surface area contributed by atoms with Gasteiger partial charge in [-0.1, -0.05) is 18.2 Å². The standard InChI is InChI=1S/C20H16N4O/c1-25-20-5-3-2-4-17(20)16-8-11-22-13-19(16)24-14-23-12-18(24)15-6-9-21-10-7-15/h2-14H,1H3. The van der Waals surface area contributed by atoms with Crippen molar-refractivity contribution in [3.63, 3.8) is 0 Å². The molecule has 122 valence electrons. The van der Waals surface area contributed by atoms with Gasteiger partial charge < -0.3 is 4.74 Å². The van der Waals surface area contributed by atoms with Crippen molar-refractivity contribution in [1.82, 2.24) is 19.5 Å². The Kier molecular flexibility index (Phi) is 3.96. The third-order valence-corrected chi connectivity index (χ3v) is 4.07. The summed E-state index contributed by atoms with van der Waals surface area (Å²) >= 11 is 0. The number of nitrogens with zero attached hydrogens (tertiary/aromatic N) is 4. The molecule has 0 fully saturated rings. The van der Waals surface area contributed by atoms with Crippen molar-refractivity contribution in [2.24, 2.45) is 0 Å². The Morgan fingerprint density at radius 1 is 0.800 bits per heavy atom. The summed E-state index contributed by atoms with van der Waals surface area (Å²) in [6, 6.07) is 13.9. The maximum atomic E-state index is 5.53. The van der Waals surface area contributed by atoms with Gasteiger partial charge in [-0.25, -0.2) is 4.98 Å². The number of ether oxygens (including phenoxy) is 1. The zero-order valence-corrected chi connectivity index (χ0v) is 13.7. The highest BCUT2D eigenvalue weighted by molar-refractivity contribution is 5.78. The first kappa shape index (κ1) is 15.1. The van der Waals surface area contributed by atoms with Crippen LogP contribution in [0.2, 0.25) is 0 Å². The van der Waals surface area contributed by atoms with Crippen molar-refractivity contribution in [1.29, 1.82) is 0 Å². The van der Waals surface area contributed by atoms with E-state index >= 15 is 0 Å². The van der Waals surface area contributed by atoms with E-state index in [1.165, 1.54) is 0 Å². The average molecular weight is 328 g/mol. The monoisotopic (exact) mass is 328 g/mol. The minimum atomic E-state index is 0.820. The van der Waals surface area contributed by atoms with E-state index in [1.54, 1.807) is 32.0 Å². The molecule has 0 amide bonds. The van der Waals surface area contributed by atoms with Gasteiger partial charge in [-0.05, 0) is 24.3 Å². The number of pyridine rings is 2. The number of imidazole rings is 1. The molecular weight excluding hydrogens is 312 g/mol. The van der Waals surface area contributed by atoms with Crippen LogP contribution in [0.5, 0.6) is 5.75 Å². The van der Waals surface area contributed by atoms with Crippen LogP contribution in [0, 0.1) is 0 Å². The highest BCUT2D eigenvalue weighted by Gasteiger charge is 2.14. The van der Waals surface area contributed by atoms with Gasteiger partial charge in [-0.3, -0.25) is 14.5 Å². The summed E-state index contributed by atoms with van der Waals surface area (Å²) in [5, 5.41) is 0. The lowest BCUT2D eigenvalue weighted by molar-refractivity contribution is 0.416. The maximum Gasteiger partial charge on any atom is 0.126 e. The average Bonchev–Trinajstić information content (AvgIpc) is 3.18. The van der Waals surface area contributed by atoms with E-state index in [9.17, 15) is 0 Å². The first-order valence-corrected chi connectivity index (χ1v) is 7.89. The molecule has 1 aromatic carbocycles. The quantitative estimate of drug-likeness (QED) is 0.568. The second kappa shape index (κ2) is 6.57. The van der Waals surface area contributed by atoms with Gasteiger partial charge in [0, 0.05) is 35.3 Å². The van der Waals surface area contributed by atoms with Crippen LogP contribution in [0.25, 0.3) is 28.1 Å². The Hall–Kier alpha value is -3.47. The van der Waals surface area contributed by atoms with Crippen LogP contribution in [-0.2, 0) is 0 Å². The largest absolute Gasteiger partial charge is 0.496 e. The van der Waals surface area contributed by atoms with Gasteiger partial charge in [0.05, 0.1) is 37.2 Å². The van der Waals surface area contributed by atoms with Gasteiger partial charge in [-0.2, -0.15) is 0 Å². The number of hydrogen-bond acceptors (Lipinski definition) is 4. The van der Waals surface area contributed by atoms with Crippen molar-refractivity contribution in [3.05, 3.63) is 79.8 Å². The molecule has 3 heterocycles. The van der Waals surface area contributed by atoms with Gasteiger partial charge in [0.25, 0.3) is 0 Å². The fourth-order valence-electron chi connectivity index (χ4n) is 2.90. The van der Waals surface area contributed by atoms with E-state index in [0.29, 0.717) is 0 Å². The predicted octanol–water partition coefficient (Wildman–Crippen LogP) is 4.00. The second-order valence-corrected chi connectivity index (χ2v) is 5.48. The molecule has 0 radical (unpaired) electrons. The first-order chi connectivity index (χ1) is 12.4. The Morgan fingerprint density at radius 3 is 2.44 bits per heavy atom. The zero-order valence-electron chi connectivity index (χ0n) is 13.7. The fourth-order valence-corrected chi connectivity index (χ4v) is 2.90. The Morgan fingerprint density at radius 2 is 1.60 bits per heavy atom. The number of hydrogen-bond donors (Lipinski definition) is 0. The lowest BCUT2D eigenvalue weighted by atomic mass is 10.0. The molecule has 0 bridgehead atoms. The third kappa shape index (κ3) is 2.76. The molecule has 3 aromatic heterocycles. The van der Waals surface area contributed by atoms with Gasteiger partial charge >= 0.3 is 0 Å². The van der Waals surface area contributed by atoms with Crippen molar-refractivity contribution in [2.75, 3.05) is 7.11 Å². The predicted molar refractivity (Wildman–Crippen MR) is 96.6 cm³/mol. The molecule has 0 aliphatic rings. The van der Waals surface area contributed by atoms with Crippen molar-refractivity contribution in [3.8, 4) is 33.8 Å².